The number of ether oxygens (including phenoxy) is 1. The zero-order valence-corrected chi connectivity index (χ0v) is 14.9. The lowest BCUT2D eigenvalue weighted by molar-refractivity contribution is 0.0520. The lowest BCUT2D eigenvalue weighted by Crippen LogP contribution is -2.26. The van der Waals surface area contributed by atoms with Gasteiger partial charge in [0, 0.05) is 37.4 Å². The van der Waals surface area contributed by atoms with Crippen molar-refractivity contribution >= 4 is 17.0 Å². The molecule has 3 rings (SSSR count). The zero-order chi connectivity index (χ0) is 20.6. The number of fused-ring (bicyclic) bond motifs is 1. The molecule has 0 fully saturated rings. The summed E-state index contributed by atoms with van der Waals surface area (Å²) in [5.74, 6) is -4.75. The number of esters is 1. The van der Waals surface area contributed by atoms with E-state index in [1.807, 2.05) is 0 Å². The van der Waals surface area contributed by atoms with Gasteiger partial charge in [0.15, 0.2) is 11.3 Å². The molecule has 6 nitrogen and oxygen atoms in total. The highest BCUT2D eigenvalue weighted by Gasteiger charge is 2.23. The first-order chi connectivity index (χ1) is 13.2. The number of hydrogen-bond donors (Lipinski definition) is 1. The largest absolute Gasteiger partial charge is 0.505 e. The van der Waals surface area contributed by atoms with Crippen LogP contribution in [0.2, 0.25) is 0 Å². The molecule has 3 aromatic rings. The van der Waals surface area contributed by atoms with E-state index < -0.39 is 40.3 Å². The van der Waals surface area contributed by atoms with E-state index in [2.05, 4.69) is 4.98 Å². The molecule has 0 atom stereocenters. The number of rotatable bonds is 4. The summed E-state index contributed by atoms with van der Waals surface area (Å²) in [6.45, 7) is 1.57. The van der Waals surface area contributed by atoms with Crippen LogP contribution >= 0.6 is 0 Å². The Morgan fingerprint density at radius 1 is 1.21 bits per heavy atom. The molecule has 2 aromatic heterocycles. The second-order valence-electron chi connectivity index (χ2n) is 6.04. The number of nitrogens with zero attached hydrogens (tertiary/aromatic N) is 2. The maximum absolute atomic E-state index is 13.9. The van der Waals surface area contributed by atoms with Gasteiger partial charge in [-0.2, -0.15) is 0 Å². The van der Waals surface area contributed by atoms with Crippen molar-refractivity contribution in [1.29, 1.82) is 0 Å². The van der Waals surface area contributed by atoms with Gasteiger partial charge in [0.05, 0.1) is 12.1 Å². The van der Waals surface area contributed by atoms with Gasteiger partial charge >= 0.3 is 5.97 Å². The Balaban J connectivity index is 2.13. The Morgan fingerprint density at radius 3 is 2.46 bits per heavy atom. The molecule has 0 bridgehead atoms. The molecule has 146 valence electrons. The Bertz CT molecular complexity index is 1140. The maximum Gasteiger partial charge on any atom is 0.347 e. The van der Waals surface area contributed by atoms with E-state index in [9.17, 15) is 27.9 Å². The van der Waals surface area contributed by atoms with E-state index in [1.54, 1.807) is 6.92 Å². The fraction of sp³-hybridized carbons (Fsp3) is 0.211. The van der Waals surface area contributed by atoms with Gasteiger partial charge in [0.1, 0.15) is 23.0 Å². The topological polar surface area (TPSA) is 81.4 Å². The van der Waals surface area contributed by atoms with E-state index in [0.29, 0.717) is 17.7 Å². The van der Waals surface area contributed by atoms with Crippen LogP contribution in [0.15, 0.2) is 29.2 Å². The Kier molecular flexibility index (Phi) is 5.08. The first kappa shape index (κ1) is 19.4. The third kappa shape index (κ3) is 3.30. The predicted molar refractivity (Wildman–Crippen MR) is 93.7 cm³/mol. The Labute approximate surface area is 156 Å². The molecule has 1 aromatic carbocycles. The average Bonchev–Trinajstić information content (AvgIpc) is 2.63. The SMILES string of the molecule is CCOC(=O)c1c(O)c2ncc(Cc3c(F)cc(F)cc3F)cc2n(C)c1=O. The highest BCUT2D eigenvalue weighted by Crippen LogP contribution is 2.26. The van der Waals surface area contributed by atoms with Crippen molar-refractivity contribution in [2.24, 2.45) is 7.05 Å². The number of carbonyl (C=O) groups is 1. The molecule has 0 aliphatic carbocycles. The summed E-state index contributed by atoms with van der Waals surface area (Å²) >= 11 is 0. The van der Waals surface area contributed by atoms with Crippen molar-refractivity contribution in [1.82, 2.24) is 9.55 Å². The summed E-state index contributed by atoms with van der Waals surface area (Å²) in [4.78, 5) is 28.4. The van der Waals surface area contributed by atoms with Gasteiger partial charge in [-0.25, -0.2) is 18.0 Å². The summed E-state index contributed by atoms with van der Waals surface area (Å²) in [5.41, 5.74) is -1.30. The normalized spacial score (nSPS) is 11.0. The van der Waals surface area contributed by atoms with Crippen molar-refractivity contribution in [2.45, 2.75) is 13.3 Å². The number of aromatic hydroxyl groups is 1. The fourth-order valence-corrected chi connectivity index (χ4v) is 2.86. The van der Waals surface area contributed by atoms with Crippen molar-refractivity contribution in [3.8, 4) is 5.75 Å². The van der Waals surface area contributed by atoms with E-state index in [4.69, 9.17) is 4.74 Å². The molecule has 0 radical (unpaired) electrons. The van der Waals surface area contributed by atoms with E-state index in [0.717, 1.165) is 4.57 Å². The van der Waals surface area contributed by atoms with Crippen LogP contribution in [0.25, 0.3) is 11.0 Å². The van der Waals surface area contributed by atoms with Gasteiger partial charge in [-0.3, -0.25) is 9.78 Å². The number of hydrogen-bond acceptors (Lipinski definition) is 5. The number of aromatic nitrogens is 2. The van der Waals surface area contributed by atoms with Gasteiger partial charge in [-0.15, -0.1) is 0 Å². The molecule has 0 aliphatic rings. The number of benzene rings is 1. The van der Waals surface area contributed by atoms with Gasteiger partial charge < -0.3 is 14.4 Å². The van der Waals surface area contributed by atoms with Crippen LogP contribution in [-0.4, -0.2) is 27.2 Å². The van der Waals surface area contributed by atoms with Crippen molar-refractivity contribution in [2.75, 3.05) is 6.61 Å². The van der Waals surface area contributed by atoms with Crippen LogP contribution in [-0.2, 0) is 18.2 Å². The van der Waals surface area contributed by atoms with Crippen LogP contribution in [0.4, 0.5) is 13.2 Å². The second kappa shape index (κ2) is 7.34. The lowest BCUT2D eigenvalue weighted by Gasteiger charge is -2.12. The predicted octanol–water partition coefficient (Wildman–Crippen LogP) is 2.82. The number of aryl methyl sites for hydroxylation is 1. The molecule has 0 saturated heterocycles. The Morgan fingerprint density at radius 2 is 1.86 bits per heavy atom. The molecule has 9 heteroatoms. The van der Waals surface area contributed by atoms with Crippen molar-refractivity contribution in [3.05, 3.63) is 68.9 Å². The second-order valence-corrected chi connectivity index (χ2v) is 6.04. The van der Waals surface area contributed by atoms with Crippen LogP contribution in [0.3, 0.4) is 0 Å². The average molecular weight is 392 g/mol. The van der Waals surface area contributed by atoms with Crippen LogP contribution < -0.4 is 5.56 Å². The first-order valence-electron chi connectivity index (χ1n) is 8.25. The van der Waals surface area contributed by atoms with Crippen molar-refractivity contribution < 1.29 is 27.8 Å². The van der Waals surface area contributed by atoms with Crippen molar-refractivity contribution in [3.63, 3.8) is 0 Å². The third-order valence-corrected chi connectivity index (χ3v) is 4.23. The first-order valence-corrected chi connectivity index (χ1v) is 8.25. The minimum atomic E-state index is -1.05. The molecule has 2 heterocycles. The maximum atomic E-state index is 13.9. The summed E-state index contributed by atoms with van der Waals surface area (Å²) in [6, 6.07) is 2.54. The molecule has 0 unspecified atom stereocenters. The van der Waals surface area contributed by atoms with Gasteiger partial charge in [0.2, 0.25) is 0 Å². The number of carbonyl (C=O) groups excluding carboxylic acids is 1. The van der Waals surface area contributed by atoms with Gasteiger partial charge in [0.25, 0.3) is 5.56 Å². The van der Waals surface area contributed by atoms with E-state index >= 15 is 0 Å². The molecular weight excluding hydrogens is 377 g/mol. The molecule has 0 aliphatic heterocycles. The molecular formula is C19H15F3N2O4. The monoisotopic (exact) mass is 392 g/mol. The third-order valence-electron chi connectivity index (χ3n) is 4.23. The molecule has 0 amide bonds. The number of halogens is 3. The van der Waals surface area contributed by atoms with E-state index in [1.165, 1.54) is 19.3 Å². The van der Waals surface area contributed by atoms with Crippen LogP contribution in [0.5, 0.6) is 5.75 Å². The minimum Gasteiger partial charge on any atom is -0.505 e. The summed E-state index contributed by atoms with van der Waals surface area (Å²) < 4.78 is 46.7. The summed E-state index contributed by atoms with van der Waals surface area (Å²) in [5, 5.41) is 10.3. The molecule has 0 spiro atoms. The molecule has 0 saturated carbocycles. The quantitative estimate of drug-likeness (QED) is 0.691. The standard InChI is InChI=1S/C19H15F3N2O4/c1-3-28-19(27)15-17(25)16-14(24(2)18(15)26)5-9(8-23-16)4-11-12(21)6-10(20)7-13(11)22/h5-8,25H,3-4H2,1-2H3. The highest BCUT2D eigenvalue weighted by molar-refractivity contribution is 5.98. The molecule has 28 heavy (non-hydrogen) atoms. The molecule has 1 N–H and O–H groups in total. The smallest absolute Gasteiger partial charge is 0.347 e. The number of pyridine rings is 2. The van der Waals surface area contributed by atoms with E-state index in [-0.39, 0.29) is 29.6 Å². The zero-order valence-electron chi connectivity index (χ0n) is 14.9. The highest BCUT2D eigenvalue weighted by atomic mass is 19.1. The summed E-state index contributed by atoms with van der Waals surface area (Å²) in [7, 11) is 1.36. The van der Waals surface area contributed by atoms with Gasteiger partial charge in [-0.1, -0.05) is 0 Å². The van der Waals surface area contributed by atoms with Crippen LogP contribution in [0, 0.1) is 17.5 Å². The lowest BCUT2D eigenvalue weighted by atomic mass is 10.0. The Hall–Kier alpha value is -3.36. The minimum absolute atomic E-state index is 0.0145. The van der Waals surface area contributed by atoms with Crippen LogP contribution in [0.1, 0.15) is 28.4 Å². The summed E-state index contributed by atoms with van der Waals surface area (Å²) in [6.07, 6.45) is 0.985. The van der Waals surface area contributed by atoms with Gasteiger partial charge in [-0.05, 0) is 18.6 Å². The fourth-order valence-electron chi connectivity index (χ4n) is 2.86.